The number of hydrogen-bond acceptors (Lipinski definition) is 2. The van der Waals surface area contributed by atoms with Crippen LogP contribution in [0.4, 0.5) is 10.1 Å². The molecule has 1 aliphatic rings. The van der Waals surface area contributed by atoms with Gasteiger partial charge in [0.15, 0.2) is 0 Å². The lowest BCUT2D eigenvalue weighted by Crippen LogP contribution is -2.40. The summed E-state index contributed by atoms with van der Waals surface area (Å²) in [6, 6.07) is 5.22. The highest BCUT2D eigenvalue weighted by atomic mass is 19.1. The molecule has 21 heavy (non-hydrogen) atoms. The van der Waals surface area contributed by atoms with Gasteiger partial charge in [-0.1, -0.05) is 27.7 Å². The number of nitrogens with zero attached hydrogens (tertiary/aromatic N) is 1. The lowest BCUT2D eigenvalue weighted by molar-refractivity contribution is 0.292. The van der Waals surface area contributed by atoms with E-state index in [1.165, 1.54) is 18.5 Å². The van der Waals surface area contributed by atoms with Crippen molar-refractivity contribution >= 4 is 5.69 Å². The molecule has 1 aliphatic heterocycles. The first-order valence-corrected chi connectivity index (χ1v) is 8.11. The van der Waals surface area contributed by atoms with Gasteiger partial charge in [0.05, 0.1) is 0 Å². The van der Waals surface area contributed by atoms with E-state index >= 15 is 0 Å². The zero-order chi connectivity index (χ0) is 15.5. The number of rotatable bonds is 5. The third kappa shape index (κ3) is 4.70. The Labute approximate surface area is 128 Å². The molecule has 0 saturated carbocycles. The summed E-state index contributed by atoms with van der Waals surface area (Å²) in [7, 11) is 0. The molecule has 0 amide bonds. The highest BCUT2D eigenvalue weighted by molar-refractivity contribution is 5.54. The minimum atomic E-state index is -0.142. The van der Waals surface area contributed by atoms with Gasteiger partial charge in [0.1, 0.15) is 5.82 Å². The summed E-state index contributed by atoms with van der Waals surface area (Å²) in [5.74, 6) is 0.465. The Bertz CT molecular complexity index is 468. The first kappa shape index (κ1) is 16.3. The summed E-state index contributed by atoms with van der Waals surface area (Å²) in [5, 5.41) is 3.44. The van der Waals surface area contributed by atoms with Crippen molar-refractivity contribution in [1.29, 1.82) is 0 Å². The van der Waals surface area contributed by atoms with Gasteiger partial charge in [-0.05, 0) is 54.5 Å². The molecule has 1 aromatic rings. The Balaban J connectivity index is 2.14. The molecule has 1 saturated heterocycles. The smallest absolute Gasteiger partial charge is 0.123 e. The summed E-state index contributed by atoms with van der Waals surface area (Å²) in [6.45, 7) is 12.8. The van der Waals surface area contributed by atoms with Gasteiger partial charge < -0.3 is 10.2 Å². The standard InChI is InChI=1S/C18H29FN2/c1-14(2)11-20-12-15-10-16(19)6-7-17(15)21-9-5-8-18(3,4)13-21/h6-7,10,14,20H,5,8-9,11-13H2,1-4H3. The van der Waals surface area contributed by atoms with Crippen molar-refractivity contribution in [2.24, 2.45) is 11.3 Å². The zero-order valence-electron chi connectivity index (χ0n) is 13.9. The lowest BCUT2D eigenvalue weighted by atomic mass is 9.84. The van der Waals surface area contributed by atoms with Crippen LogP contribution < -0.4 is 10.2 Å². The largest absolute Gasteiger partial charge is 0.371 e. The van der Waals surface area contributed by atoms with E-state index in [9.17, 15) is 4.39 Å². The van der Waals surface area contributed by atoms with Crippen molar-refractivity contribution in [1.82, 2.24) is 5.32 Å². The fourth-order valence-electron chi connectivity index (χ4n) is 3.13. The number of benzene rings is 1. The topological polar surface area (TPSA) is 15.3 Å². The summed E-state index contributed by atoms with van der Waals surface area (Å²) in [6.07, 6.45) is 2.48. The second kappa shape index (κ2) is 6.78. The molecule has 0 unspecified atom stereocenters. The SMILES string of the molecule is CC(C)CNCc1cc(F)ccc1N1CCCC(C)(C)C1. The zero-order valence-corrected chi connectivity index (χ0v) is 13.9. The van der Waals surface area contributed by atoms with Gasteiger partial charge in [0, 0.05) is 25.3 Å². The molecule has 0 atom stereocenters. The predicted octanol–water partition coefficient (Wildman–Crippen LogP) is 4.20. The van der Waals surface area contributed by atoms with Gasteiger partial charge in [0.25, 0.3) is 0 Å². The maximum absolute atomic E-state index is 13.6. The summed E-state index contributed by atoms with van der Waals surface area (Å²) in [4.78, 5) is 2.43. The van der Waals surface area contributed by atoms with Gasteiger partial charge in [-0.15, -0.1) is 0 Å². The van der Waals surface area contributed by atoms with Crippen molar-refractivity contribution in [3.05, 3.63) is 29.6 Å². The molecule has 0 radical (unpaired) electrons. The van der Waals surface area contributed by atoms with E-state index in [1.54, 1.807) is 12.1 Å². The number of anilines is 1. The van der Waals surface area contributed by atoms with Crippen LogP contribution in [0.1, 0.15) is 46.1 Å². The molecular weight excluding hydrogens is 263 g/mol. The Morgan fingerprint density at radius 2 is 2.10 bits per heavy atom. The molecule has 2 nitrogen and oxygen atoms in total. The van der Waals surface area contributed by atoms with Crippen LogP contribution in [0.25, 0.3) is 0 Å². The molecule has 0 aromatic heterocycles. The minimum Gasteiger partial charge on any atom is -0.371 e. The molecule has 3 heteroatoms. The van der Waals surface area contributed by atoms with Crippen LogP contribution in [0, 0.1) is 17.2 Å². The Morgan fingerprint density at radius 3 is 2.76 bits per heavy atom. The van der Waals surface area contributed by atoms with Crippen molar-refractivity contribution in [2.75, 3.05) is 24.5 Å². The molecule has 1 heterocycles. The minimum absolute atomic E-state index is 0.142. The van der Waals surface area contributed by atoms with Crippen molar-refractivity contribution in [3.8, 4) is 0 Å². The van der Waals surface area contributed by atoms with Crippen LogP contribution in [0.3, 0.4) is 0 Å². The molecule has 0 aliphatic carbocycles. The van der Waals surface area contributed by atoms with Gasteiger partial charge in [-0.25, -0.2) is 4.39 Å². The van der Waals surface area contributed by atoms with E-state index in [4.69, 9.17) is 0 Å². The van der Waals surface area contributed by atoms with E-state index < -0.39 is 0 Å². The van der Waals surface area contributed by atoms with Crippen molar-refractivity contribution < 1.29 is 4.39 Å². The number of hydrogen-bond donors (Lipinski definition) is 1. The van der Waals surface area contributed by atoms with Crippen LogP contribution in [-0.4, -0.2) is 19.6 Å². The summed E-state index contributed by atoms with van der Waals surface area (Å²) < 4.78 is 13.6. The number of halogens is 1. The van der Waals surface area contributed by atoms with Gasteiger partial charge in [-0.2, -0.15) is 0 Å². The van der Waals surface area contributed by atoms with Crippen molar-refractivity contribution in [3.63, 3.8) is 0 Å². The number of piperidine rings is 1. The maximum atomic E-state index is 13.6. The molecular formula is C18H29FN2. The van der Waals surface area contributed by atoms with Crippen LogP contribution in [0.2, 0.25) is 0 Å². The molecule has 1 N–H and O–H groups in total. The van der Waals surface area contributed by atoms with E-state index in [0.717, 1.165) is 31.7 Å². The van der Waals surface area contributed by atoms with Gasteiger partial charge >= 0.3 is 0 Å². The average Bonchev–Trinajstić information content (AvgIpc) is 2.37. The van der Waals surface area contributed by atoms with Gasteiger partial charge in [-0.3, -0.25) is 0 Å². The molecule has 2 rings (SSSR count). The quantitative estimate of drug-likeness (QED) is 0.875. The molecule has 0 bridgehead atoms. The van der Waals surface area contributed by atoms with Gasteiger partial charge in [0.2, 0.25) is 0 Å². The third-order valence-corrected chi connectivity index (χ3v) is 4.15. The fourth-order valence-corrected chi connectivity index (χ4v) is 3.13. The Kier molecular flexibility index (Phi) is 5.26. The molecule has 118 valence electrons. The summed E-state index contributed by atoms with van der Waals surface area (Å²) in [5.41, 5.74) is 2.61. The Hall–Kier alpha value is -1.09. The molecule has 0 spiro atoms. The monoisotopic (exact) mass is 292 g/mol. The fraction of sp³-hybridized carbons (Fsp3) is 0.667. The third-order valence-electron chi connectivity index (χ3n) is 4.15. The second-order valence-electron chi connectivity index (χ2n) is 7.49. The summed E-state index contributed by atoms with van der Waals surface area (Å²) >= 11 is 0. The highest BCUT2D eigenvalue weighted by Gasteiger charge is 2.27. The highest BCUT2D eigenvalue weighted by Crippen LogP contribution is 2.33. The number of nitrogens with one attached hydrogen (secondary N) is 1. The second-order valence-corrected chi connectivity index (χ2v) is 7.49. The normalized spacial score (nSPS) is 18.3. The molecule has 1 fully saturated rings. The van der Waals surface area contributed by atoms with Crippen molar-refractivity contribution in [2.45, 2.75) is 47.1 Å². The predicted molar refractivity (Wildman–Crippen MR) is 88.2 cm³/mol. The van der Waals surface area contributed by atoms with Crippen LogP contribution in [0.5, 0.6) is 0 Å². The van der Waals surface area contributed by atoms with E-state index in [2.05, 4.69) is 37.9 Å². The van der Waals surface area contributed by atoms with Crippen LogP contribution in [-0.2, 0) is 6.54 Å². The van der Waals surface area contributed by atoms with E-state index in [-0.39, 0.29) is 5.82 Å². The van der Waals surface area contributed by atoms with Crippen LogP contribution in [0.15, 0.2) is 18.2 Å². The van der Waals surface area contributed by atoms with Crippen LogP contribution >= 0.6 is 0 Å². The van der Waals surface area contributed by atoms with E-state index in [0.29, 0.717) is 11.3 Å². The first-order valence-electron chi connectivity index (χ1n) is 8.11. The first-order chi connectivity index (χ1) is 9.87. The Morgan fingerprint density at radius 1 is 1.33 bits per heavy atom. The molecule has 1 aromatic carbocycles. The average molecular weight is 292 g/mol. The lowest BCUT2D eigenvalue weighted by Gasteiger charge is -2.40. The maximum Gasteiger partial charge on any atom is 0.123 e. The van der Waals surface area contributed by atoms with E-state index in [1.807, 2.05) is 6.07 Å².